The Labute approximate surface area is 375 Å². The van der Waals surface area contributed by atoms with E-state index in [0.29, 0.717) is 28.2 Å². The molecule has 0 spiro atoms. The van der Waals surface area contributed by atoms with Gasteiger partial charge in [-0.1, -0.05) is 171 Å². The van der Waals surface area contributed by atoms with Crippen molar-refractivity contribution in [2.45, 2.75) is 19.8 Å². The monoisotopic (exact) mass is 808 g/mol. The van der Waals surface area contributed by atoms with E-state index in [1.54, 1.807) is 27.3 Å². The van der Waals surface area contributed by atoms with Gasteiger partial charge >= 0.3 is 0 Å². The van der Waals surface area contributed by atoms with Gasteiger partial charge in [0.15, 0.2) is 0 Å². The number of para-hydroxylation sites is 4. The highest BCUT2D eigenvalue weighted by atomic mass is 16.5. The van der Waals surface area contributed by atoms with Crippen molar-refractivity contribution in [3.8, 4) is 62.1 Å². The summed E-state index contributed by atoms with van der Waals surface area (Å²) in [6.07, 6.45) is 5.41. The van der Waals surface area contributed by atoms with Gasteiger partial charge in [-0.3, -0.25) is 13.7 Å². The Hall–Kier alpha value is -8.02. The van der Waals surface area contributed by atoms with E-state index in [4.69, 9.17) is 23.4 Å². The first-order chi connectivity index (χ1) is 34.7. The van der Waals surface area contributed by atoms with Crippen LogP contribution in [0.4, 0.5) is 0 Å². The molecule has 0 radical (unpaired) electrons. The first-order valence-electron chi connectivity index (χ1n) is 25.3. The maximum atomic E-state index is 9.02. The van der Waals surface area contributed by atoms with Crippen LogP contribution in [0.3, 0.4) is 0 Å². The standard InChI is InChI=1S/C57H42N4O/c1-39(2)50-36-56(58-37-51(50)42-22-10-5-11-23-42)61-52-29-13-12-26-48(52)49-33-32-45(35-55(49)61)62-44-25-16-24-43(34-44)59-38-60(54-31-15-14-30-53(54)59)57-46(40-18-6-3-7-19-40)27-17-28-47(57)41-20-8-4-9-21-41/h3-37,39H,1-2H3/i3D,4D,6D,7D,8D,9D,18D,19D,20D,21D. The summed E-state index contributed by atoms with van der Waals surface area (Å²) in [7, 11) is 0. The Kier molecular flexibility index (Phi) is 6.94. The first-order valence-corrected chi connectivity index (χ1v) is 20.3. The predicted molar refractivity (Wildman–Crippen MR) is 253 cm³/mol. The number of nitrogens with zero attached hydrogens (tertiary/aromatic N) is 4. The second kappa shape index (κ2) is 15.5. The fourth-order valence-corrected chi connectivity index (χ4v) is 8.38. The number of aromatic nitrogens is 4. The summed E-state index contributed by atoms with van der Waals surface area (Å²) in [6, 6.07) is 41.2. The van der Waals surface area contributed by atoms with Gasteiger partial charge in [0.25, 0.3) is 6.33 Å². The van der Waals surface area contributed by atoms with E-state index in [-0.39, 0.29) is 33.9 Å². The van der Waals surface area contributed by atoms with Crippen molar-refractivity contribution >= 4 is 32.8 Å². The highest BCUT2D eigenvalue weighted by Gasteiger charge is 2.21. The number of pyridine rings is 1. The Bertz CT molecular complexity index is 3870. The third-order valence-electron chi connectivity index (χ3n) is 11.2. The number of hydrogen-bond donors (Lipinski definition) is 0. The van der Waals surface area contributed by atoms with Gasteiger partial charge in [-0.15, -0.1) is 0 Å². The molecule has 0 aliphatic heterocycles. The van der Waals surface area contributed by atoms with Gasteiger partial charge in [0.05, 0.1) is 47.1 Å². The molecule has 3 heterocycles. The van der Waals surface area contributed by atoms with Crippen molar-refractivity contribution in [2.75, 3.05) is 0 Å². The van der Waals surface area contributed by atoms with Crippen LogP contribution in [0.15, 0.2) is 212 Å². The molecule has 11 aromatic rings. The zero-order chi connectivity index (χ0) is 50.3. The zero-order valence-corrected chi connectivity index (χ0v) is 33.7. The third-order valence-corrected chi connectivity index (χ3v) is 11.2. The maximum absolute atomic E-state index is 9.02. The lowest BCUT2D eigenvalue weighted by molar-refractivity contribution is -0.571. The van der Waals surface area contributed by atoms with Crippen LogP contribution in [0, 0.1) is 6.33 Å². The van der Waals surface area contributed by atoms with Crippen molar-refractivity contribution in [2.24, 2.45) is 0 Å². The van der Waals surface area contributed by atoms with Crippen molar-refractivity contribution in [1.29, 1.82) is 0 Å². The summed E-state index contributed by atoms with van der Waals surface area (Å²) in [5.41, 5.74) is 7.38. The van der Waals surface area contributed by atoms with Crippen LogP contribution in [0.5, 0.6) is 11.5 Å². The number of benzene rings is 8. The molecular weight excluding hydrogens is 757 g/mol. The number of fused-ring (bicyclic) bond motifs is 4. The second-order valence-corrected chi connectivity index (χ2v) is 15.2. The van der Waals surface area contributed by atoms with E-state index >= 15 is 0 Å². The Morgan fingerprint density at radius 3 is 1.95 bits per heavy atom. The molecule has 0 aliphatic carbocycles. The minimum atomic E-state index is -0.566. The van der Waals surface area contributed by atoms with E-state index in [1.165, 1.54) is 5.56 Å². The van der Waals surface area contributed by atoms with Gasteiger partial charge in [-0.2, -0.15) is 0 Å². The van der Waals surface area contributed by atoms with E-state index in [0.717, 1.165) is 38.8 Å². The Morgan fingerprint density at radius 2 is 1.21 bits per heavy atom. The van der Waals surface area contributed by atoms with Gasteiger partial charge < -0.3 is 4.74 Å². The first kappa shape index (κ1) is 27.7. The number of ether oxygens (including phenoxy) is 1. The Balaban J connectivity index is 1.06. The molecule has 0 saturated carbocycles. The van der Waals surface area contributed by atoms with Gasteiger partial charge in [-0.05, 0) is 81.8 Å². The lowest BCUT2D eigenvalue weighted by atomic mass is 9.94. The van der Waals surface area contributed by atoms with Crippen LogP contribution in [-0.2, 0) is 0 Å². The Morgan fingerprint density at radius 1 is 0.565 bits per heavy atom. The minimum Gasteiger partial charge on any atom is -0.458 e. The van der Waals surface area contributed by atoms with Crippen LogP contribution in [0.2, 0.25) is 0 Å². The average molecular weight is 809 g/mol. The molecule has 0 fully saturated rings. The summed E-state index contributed by atoms with van der Waals surface area (Å²) in [5.74, 6) is 2.11. The lowest BCUT2D eigenvalue weighted by Crippen LogP contribution is -2.31. The van der Waals surface area contributed by atoms with Crippen LogP contribution < -0.4 is 9.30 Å². The molecular formula is C57H42N4O. The summed E-state index contributed by atoms with van der Waals surface area (Å²) in [6.45, 7) is 4.38. The van der Waals surface area contributed by atoms with Crippen molar-refractivity contribution in [3.63, 3.8) is 0 Å². The predicted octanol–water partition coefficient (Wildman–Crippen LogP) is 14.1. The fraction of sp³-hybridized carbons (Fsp3) is 0.0526. The number of rotatable bonds is 9. The van der Waals surface area contributed by atoms with Crippen molar-refractivity contribution < 1.29 is 23.0 Å². The van der Waals surface area contributed by atoms with Crippen LogP contribution >= 0.6 is 0 Å². The average Bonchev–Trinajstić information content (AvgIpc) is 3.95. The third kappa shape index (κ3) is 6.52. The minimum absolute atomic E-state index is 0.130. The smallest absolute Gasteiger partial charge is 0.269 e. The van der Waals surface area contributed by atoms with E-state index in [9.17, 15) is 0 Å². The van der Waals surface area contributed by atoms with Crippen LogP contribution in [-0.4, -0.2) is 14.1 Å². The summed E-state index contributed by atoms with van der Waals surface area (Å²) in [4.78, 5) is 5.06. The van der Waals surface area contributed by atoms with E-state index < -0.39 is 60.4 Å². The SMILES string of the molecule is [2H]c1c([2H])c([2H])c(-c2cccc(-c3c([2H])c([2H])c([2H])c([2H])c3[2H])c2-[n+]2[c-]n(-c3cccc(Oc4ccc5c6ccccc6n(-c6cc(C(C)C)c(-c7ccccc7)cn6)c5c4)c3)c3ccccc32)c([2H])c1[2H]. The molecule has 0 N–H and O–H groups in total. The highest BCUT2D eigenvalue weighted by molar-refractivity contribution is 6.09. The van der Waals surface area contributed by atoms with Crippen LogP contribution in [0.1, 0.15) is 39.0 Å². The topological polar surface area (TPSA) is 35.9 Å². The molecule has 0 aliphatic rings. The molecule has 5 nitrogen and oxygen atoms in total. The summed E-state index contributed by atoms with van der Waals surface area (Å²) in [5, 5.41) is 2.11. The molecule has 0 unspecified atom stereocenters. The van der Waals surface area contributed by atoms with Gasteiger partial charge in [-0.25, -0.2) is 4.98 Å². The molecule has 3 aromatic heterocycles. The van der Waals surface area contributed by atoms with Gasteiger partial charge in [0, 0.05) is 28.6 Å². The van der Waals surface area contributed by atoms with Crippen molar-refractivity contribution in [1.82, 2.24) is 14.1 Å². The summed E-state index contributed by atoms with van der Waals surface area (Å²) >= 11 is 0. The molecule has 0 atom stereocenters. The zero-order valence-electron chi connectivity index (χ0n) is 43.7. The second-order valence-electron chi connectivity index (χ2n) is 15.2. The molecule has 0 amide bonds. The maximum Gasteiger partial charge on any atom is 0.269 e. The highest BCUT2D eigenvalue weighted by Crippen LogP contribution is 2.38. The van der Waals surface area contributed by atoms with Crippen LogP contribution in [0.25, 0.3) is 83.4 Å². The van der Waals surface area contributed by atoms with Gasteiger partial charge in [0.1, 0.15) is 17.3 Å². The summed E-state index contributed by atoms with van der Waals surface area (Å²) < 4.78 is 99.4. The molecule has 8 aromatic carbocycles. The molecule has 0 bridgehead atoms. The molecule has 11 rings (SSSR count). The van der Waals surface area contributed by atoms with E-state index in [2.05, 4.69) is 61.1 Å². The normalized spacial score (nSPS) is 13.8. The largest absolute Gasteiger partial charge is 0.458 e. The van der Waals surface area contributed by atoms with Crippen molar-refractivity contribution in [3.05, 3.63) is 224 Å². The number of imidazole rings is 1. The fourth-order valence-electron chi connectivity index (χ4n) is 8.38. The number of hydrogen-bond acceptors (Lipinski definition) is 2. The molecule has 296 valence electrons. The molecule has 5 heteroatoms. The quantitative estimate of drug-likeness (QED) is 0.108. The van der Waals surface area contributed by atoms with Gasteiger partial charge in [0.2, 0.25) is 0 Å². The molecule has 0 saturated heterocycles. The molecule has 62 heavy (non-hydrogen) atoms. The van der Waals surface area contributed by atoms with E-state index in [1.807, 2.05) is 97.2 Å². The lowest BCUT2D eigenvalue weighted by Gasteiger charge is -2.17.